The molecule has 0 atom stereocenters. The van der Waals surface area contributed by atoms with Crippen LogP contribution >= 0.6 is 0 Å². The lowest BCUT2D eigenvalue weighted by Crippen LogP contribution is -2.42. The number of anilines is 2. The Morgan fingerprint density at radius 3 is 2.59 bits per heavy atom. The molecule has 0 aliphatic heterocycles. The first-order valence-corrected chi connectivity index (χ1v) is 10.7. The Balaban J connectivity index is 1.84. The molecule has 4 amide bonds. The highest BCUT2D eigenvalue weighted by Crippen LogP contribution is 2.24. The Morgan fingerprint density at radius 1 is 1.18 bits per heavy atom. The van der Waals surface area contributed by atoms with E-state index in [4.69, 9.17) is 10.2 Å². The molecular formula is C23H26N6O5. The fourth-order valence-electron chi connectivity index (χ4n) is 3.39. The zero-order chi connectivity index (χ0) is 24.8. The van der Waals surface area contributed by atoms with E-state index in [0.717, 1.165) is 5.69 Å². The van der Waals surface area contributed by atoms with E-state index in [2.05, 4.69) is 15.3 Å². The molecular weight excluding hydrogens is 440 g/mol. The summed E-state index contributed by atoms with van der Waals surface area (Å²) in [6.45, 7) is 4.01. The fourth-order valence-corrected chi connectivity index (χ4v) is 3.39. The van der Waals surface area contributed by atoms with Crippen molar-refractivity contribution >= 4 is 40.5 Å². The second-order valence-electron chi connectivity index (χ2n) is 7.63. The zero-order valence-electron chi connectivity index (χ0n) is 19.2. The van der Waals surface area contributed by atoms with Crippen LogP contribution < -0.4 is 21.6 Å². The minimum atomic E-state index is -0.768. The highest BCUT2D eigenvalue weighted by atomic mass is 16.4. The monoisotopic (exact) mass is 466 g/mol. The van der Waals surface area contributed by atoms with E-state index in [-0.39, 0.29) is 24.0 Å². The summed E-state index contributed by atoms with van der Waals surface area (Å²) in [5, 5.41) is 2.71. The molecule has 1 aromatic carbocycles. The highest BCUT2D eigenvalue weighted by molar-refractivity contribution is 6.04. The fraction of sp³-hybridized carbons (Fsp3) is 0.304. The second-order valence-corrected chi connectivity index (χ2v) is 7.63. The van der Waals surface area contributed by atoms with Gasteiger partial charge < -0.3 is 20.4 Å². The van der Waals surface area contributed by atoms with Gasteiger partial charge in [-0.3, -0.25) is 14.6 Å². The van der Waals surface area contributed by atoms with Crippen molar-refractivity contribution in [2.75, 3.05) is 30.4 Å². The van der Waals surface area contributed by atoms with Crippen LogP contribution in [0.4, 0.5) is 16.5 Å². The van der Waals surface area contributed by atoms with E-state index in [1.54, 1.807) is 33.2 Å². The van der Waals surface area contributed by atoms with E-state index >= 15 is 0 Å². The number of aromatic nitrogens is 2. The molecule has 11 heteroatoms. The third-order valence-corrected chi connectivity index (χ3v) is 5.19. The average molecular weight is 466 g/mol. The summed E-state index contributed by atoms with van der Waals surface area (Å²) in [5.74, 6) is -1.36. The van der Waals surface area contributed by atoms with Gasteiger partial charge in [-0.1, -0.05) is 6.07 Å². The van der Waals surface area contributed by atoms with Crippen molar-refractivity contribution in [3.63, 3.8) is 0 Å². The van der Waals surface area contributed by atoms with Gasteiger partial charge in [-0.25, -0.2) is 14.5 Å². The quantitative estimate of drug-likeness (QED) is 0.480. The number of fused-ring (bicyclic) bond motifs is 1. The van der Waals surface area contributed by atoms with E-state index in [1.165, 1.54) is 15.9 Å². The average Bonchev–Trinajstić information content (AvgIpc) is 2.79. The number of rotatable bonds is 8. The molecule has 2 aromatic heterocycles. The molecule has 0 fully saturated rings. The van der Waals surface area contributed by atoms with Gasteiger partial charge in [0, 0.05) is 44.1 Å². The topological polar surface area (TPSA) is 152 Å². The Kier molecular flexibility index (Phi) is 7.57. The van der Waals surface area contributed by atoms with Gasteiger partial charge in [0.15, 0.2) is 0 Å². The van der Waals surface area contributed by atoms with Crippen molar-refractivity contribution in [2.24, 2.45) is 5.73 Å². The maximum absolute atomic E-state index is 13.0. The summed E-state index contributed by atoms with van der Waals surface area (Å²) in [6, 6.07) is 8.18. The molecule has 2 heterocycles. The van der Waals surface area contributed by atoms with Crippen molar-refractivity contribution in [3.8, 4) is 0 Å². The molecule has 0 radical (unpaired) electrons. The summed E-state index contributed by atoms with van der Waals surface area (Å²) < 4.78 is 5.40. The van der Waals surface area contributed by atoms with Gasteiger partial charge in [0.05, 0.1) is 10.9 Å². The second kappa shape index (κ2) is 10.6. The predicted octanol–water partition coefficient (Wildman–Crippen LogP) is 1.83. The normalized spacial score (nSPS) is 10.7. The first-order chi connectivity index (χ1) is 16.2. The molecule has 0 unspecified atom stereocenters. The van der Waals surface area contributed by atoms with Crippen molar-refractivity contribution in [3.05, 3.63) is 58.2 Å². The molecule has 0 bridgehead atoms. The van der Waals surface area contributed by atoms with Gasteiger partial charge in [0.2, 0.25) is 11.8 Å². The minimum Gasteiger partial charge on any atom is -0.388 e. The Bertz CT molecular complexity index is 1270. The number of pyridine rings is 1. The van der Waals surface area contributed by atoms with Crippen LogP contribution in [0.1, 0.15) is 24.6 Å². The smallest absolute Gasteiger partial charge is 0.348 e. The number of primary amides is 1. The van der Waals surface area contributed by atoms with Crippen LogP contribution in [0.2, 0.25) is 0 Å². The molecule has 178 valence electrons. The molecule has 0 spiro atoms. The lowest BCUT2D eigenvalue weighted by molar-refractivity contribution is -0.124. The number of carbonyl (C=O) groups is 3. The van der Waals surface area contributed by atoms with Crippen LogP contribution in [0.5, 0.6) is 0 Å². The van der Waals surface area contributed by atoms with Gasteiger partial charge >= 0.3 is 17.7 Å². The van der Waals surface area contributed by atoms with Crippen LogP contribution in [-0.4, -0.2) is 52.9 Å². The minimum absolute atomic E-state index is 0.125. The number of urea groups is 1. The highest BCUT2D eigenvalue weighted by Gasteiger charge is 2.23. The Hall–Kier alpha value is -4.28. The number of nitrogens with two attached hydrogens (primary N) is 1. The maximum Gasteiger partial charge on any atom is 0.348 e. The van der Waals surface area contributed by atoms with Crippen molar-refractivity contribution in [1.29, 1.82) is 0 Å². The van der Waals surface area contributed by atoms with Gasteiger partial charge in [-0.05, 0) is 43.7 Å². The number of carbonyl (C=O) groups excluding carboxylic acids is 3. The standard InChI is InChI=1S/C23H26N6O5/c1-4-29(23(33)28(3)12-10-15-7-5-6-11-25-15)22-27-17-9-8-16(26-19(31)13-18(24)30)14(2)20(17)21(32)34-22/h5-9,11H,4,10,12-13H2,1-3H3,(H2,24,30)(H,26,31). The maximum atomic E-state index is 13.0. The van der Waals surface area contributed by atoms with Crippen LogP contribution in [-0.2, 0) is 16.0 Å². The Morgan fingerprint density at radius 2 is 1.94 bits per heavy atom. The molecule has 0 aliphatic rings. The van der Waals surface area contributed by atoms with Crippen molar-refractivity contribution < 1.29 is 18.8 Å². The lowest BCUT2D eigenvalue weighted by atomic mass is 10.1. The van der Waals surface area contributed by atoms with Crippen LogP contribution in [0, 0.1) is 6.92 Å². The molecule has 0 saturated heterocycles. The number of hydrogen-bond acceptors (Lipinski definition) is 7. The van der Waals surface area contributed by atoms with Gasteiger partial charge in [0.25, 0.3) is 0 Å². The molecule has 3 aromatic rings. The molecule has 34 heavy (non-hydrogen) atoms. The van der Waals surface area contributed by atoms with Crippen LogP contribution in [0.25, 0.3) is 10.9 Å². The SMILES string of the molecule is CCN(C(=O)N(C)CCc1ccccn1)c1nc2ccc(NC(=O)CC(N)=O)c(C)c2c(=O)o1. The van der Waals surface area contributed by atoms with Gasteiger partial charge in [0.1, 0.15) is 6.42 Å². The van der Waals surface area contributed by atoms with Gasteiger partial charge in [-0.2, -0.15) is 4.98 Å². The number of nitrogens with zero attached hydrogens (tertiary/aromatic N) is 4. The predicted molar refractivity (Wildman–Crippen MR) is 126 cm³/mol. The number of amides is 4. The zero-order valence-corrected chi connectivity index (χ0v) is 19.2. The first kappa shape index (κ1) is 24.4. The summed E-state index contributed by atoms with van der Waals surface area (Å²) in [5.41, 5.74) is 6.25. The molecule has 11 nitrogen and oxygen atoms in total. The van der Waals surface area contributed by atoms with Crippen LogP contribution in [0.15, 0.2) is 45.7 Å². The summed E-state index contributed by atoms with van der Waals surface area (Å²) in [4.78, 5) is 60.1. The van der Waals surface area contributed by atoms with E-state index in [0.29, 0.717) is 29.7 Å². The first-order valence-electron chi connectivity index (χ1n) is 10.7. The number of likely N-dealkylation sites (N-methyl/N-ethyl adjacent to an activating group) is 1. The summed E-state index contributed by atoms with van der Waals surface area (Å²) in [6.07, 6.45) is 1.78. The Labute approximate surface area is 195 Å². The molecule has 0 aliphatic carbocycles. The third-order valence-electron chi connectivity index (χ3n) is 5.19. The van der Waals surface area contributed by atoms with Crippen LogP contribution in [0.3, 0.4) is 0 Å². The molecule has 0 saturated carbocycles. The largest absolute Gasteiger partial charge is 0.388 e. The number of nitrogens with one attached hydrogen (secondary N) is 1. The van der Waals surface area contributed by atoms with Gasteiger partial charge in [-0.15, -0.1) is 0 Å². The van der Waals surface area contributed by atoms with Crippen molar-refractivity contribution in [2.45, 2.75) is 26.7 Å². The number of benzene rings is 1. The molecule has 3 N–H and O–H groups in total. The van der Waals surface area contributed by atoms with E-state index < -0.39 is 23.9 Å². The summed E-state index contributed by atoms with van der Waals surface area (Å²) >= 11 is 0. The van der Waals surface area contributed by atoms with E-state index in [9.17, 15) is 19.2 Å². The third kappa shape index (κ3) is 5.55. The number of aryl methyl sites for hydroxylation is 1. The summed E-state index contributed by atoms with van der Waals surface area (Å²) in [7, 11) is 1.65. The lowest BCUT2D eigenvalue weighted by Gasteiger charge is -2.25. The van der Waals surface area contributed by atoms with E-state index in [1.807, 2.05) is 18.2 Å². The van der Waals surface area contributed by atoms with Crippen molar-refractivity contribution in [1.82, 2.24) is 14.9 Å². The molecule has 3 rings (SSSR count). The number of hydrogen-bond donors (Lipinski definition) is 2.